The lowest BCUT2D eigenvalue weighted by molar-refractivity contribution is -0.160. The molecule has 0 aliphatic carbocycles. The topological polar surface area (TPSA) is 122 Å². The van der Waals surface area contributed by atoms with Gasteiger partial charge in [0.2, 0.25) is 5.91 Å². The van der Waals surface area contributed by atoms with Crippen LogP contribution in [-0.2, 0) is 23.9 Å². The Kier molecular flexibility index (Phi) is 11.1. The van der Waals surface area contributed by atoms with Gasteiger partial charge in [-0.15, -0.1) is 23.1 Å². The number of hydrogen-bond donors (Lipinski definition) is 1. The van der Waals surface area contributed by atoms with E-state index in [0.29, 0.717) is 42.7 Å². The minimum absolute atomic E-state index is 0.0391. The molecule has 3 heterocycles. The van der Waals surface area contributed by atoms with Crippen molar-refractivity contribution in [1.29, 1.82) is 0 Å². The zero-order valence-corrected chi connectivity index (χ0v) is 28.4. The number of imide groups is 1. The molecule has 45 heavy (non-hydrogen) atoms. The van der Waals surface area contributed by atoms with Gasteiger partial charge in [0.15, 0.2) is 0 Å². The lowest BCUT2D eigenvalue weighted by Crippen LogP contribution is -2.54. The van der Waals surface area contributed by atoms with Crippen molar-refractivity contribution in [2.45, 2.75) is 89.3 Å². The average molecular weight is 658 g/mol. The van der Waals surface area contributed by atoms with Crippen LogP contribution in [0, 0.1) is 0 Å². The number of thioether (sulfide) groups is 1. The number of hydrogen-bond acceptors (Lipinski definition) is 10. The number of ether oxygens (including phenoxy) is 2. The van der Waals surface area contributed by atoms with Crippen LogP contribution in [0.4, 0.5) is 0 Å². The number of benzene rings is 1. The Hall–Kier alpha value is -3.22. The molecule has 2 aliphatic heterocycles. The summed E-state index contributed by atoms with van der Waals surface area (Å²) < 4.78 is 11.2. The van der Waals surface area contributed by atoms with Gasteiger partial charge >= 0.3 is 11.9 Å². The summed E-state index contributed by atoms with van der Waals surface area (Å²) >= 11 is 3.20. The number of unbranched alkanes of at least 4 members (excludes halogenated alkanes) is 1. The van der Waals surface area contributed by atoms with Crippen LogP contribution in [0.3, 0.4) is 0 Å². The third-order valence-electron chi connectivity index (χ3n) is 7.16. The minimum atomic E-state index is -0.817. The van der Waals surface area contributed by atoms with Gasteiger partial charge in [-0.3, -0.25) is 34.2 Å². The standard InChI is InChI=1S/C33H43N3O7S2/c1-32(2,3)42-27(37)19-35-18-26(25-15-11-17-44-25)45-20-24(30(35)40)34-23(31(41)43-33(4,5)6)14-9-10-16-36-28(38)21-12-7-8-13-22(21)29(36)39/h7-8,11-13,15,17,23-24,26,34H,9-10,14,16,18-20H2,1-6H3/t23-,24+,26+/m1/s1. The van der Waals surface area contributed by atoms with E-state index in [4.69, 9.17) is 9.47 Å². The first-order valence-corrected chi connectivity index (χ1v) is 17.2. The van der Waals surface area contributed by atoms with Crippen molar-refractivity contribution in [3.8, 4) is 0 Å². The van der Waals surface area contributed by atoms with Crippen molar-refractivity contribution in [1.82, 2.24) is 15.1 Å². The Balaban J connectivity index is 1.46. The molecule has 3 atom stereocenters. The van der Waals surface area contributed by atoms with Gasteiger partial charge in [0.1, 0.15) is 23.8 Å². The molecule has 3 amide bonds. The van der Waals surface area contributed by atoms with Gasteiger partial charge in [-0.1, -0.05) is 18.2 Å². The summed E-state index contributed by atoms with van der Waals surface area (Å²) in [5, 5.41) is 5.21. The van der Waals surface area contributed by atoms with E-state index < -0.39 is 35.2 Å². The summed E-state index contributed by atoms with van der Waals surface area (Å²) in [7, 11) is 0. The minimum Gasteiger partial charge on any atom is -0.459 e. The van der Waals surface area contributed by atoms with Crippen molar-refractivity contribution in [3.63, 3.8) is 0 Å². The number of esters is 2. The number of nitrogens with zero attached hydrogens (tertiary/aromatic N) is 2. The maximum Gasteiger partial charge on any atom is 0.326 e. The monoisotopic (exact) mass is 657 g/mol. The van der Waals surface area contributed by atoms with E-state index in [1.54, 1.807) is 88.9 Å². The number of fused-ring (bicyclic) bond motifs is 1. The fourth-order valence-corrected chi connectivity index (χ4v) is 7.49. The first kappa shape index (κ1) is 34.6. The largest absolute Gasteiger partial charge is 0.459 e. The smallest absolute Gasteiger partial charge is 0.326 e. The van der Waals surface area contributed by atoms with Crippen molar-refractivity contribution in [2.24, 2.45) is 0 Å². The molecule has 0 radical (unpaired) electrons. The number of carbonyl (C=O) groups is 5. The second-order valence-electron chi connectivity index (χ2n) is 13.3. The van der Waals surface area contributed by atoms with Gasteiger partial charge in [-0.05, 0) is 84.4 Å². The number of carbonyl (C=O) groups excluding carboxylic acids is 5. The van der Waals surface area contributed by atoms with Crippen molar-refractivity contribution in [2.75, 3.05) is 25.4 Å². The molecule has 1 aromatic carbocycles. The van der Waals surface area contributed by atoms with Gasteiger partial charge in [0.05, 0.1) is 22.4 Å². The molecule has 0 unspecified atom stereocenters. The van der Waals surface area contributed by atoms with Crippen LogP contribution in [-0.4, -0.2) is 88.1 Å². The van der Waals surface area contributed by atoms with Gasteiger partial charge in [-0.25, -0.2) is 0 Å². The SMILES string of the molecule is CC(C)(C)OC(=O)CN1C[C@@H](c2cccs2)SC[C@H](N[C@H](CCCCN2C(=O)c3ccccc3C2=O)C(=O)OC(C)(C)C)C1=O. The summed E-state index contributed by atoms with van der Waals surface area (Å²) in [6.07, 6.45) is 1.30. The molecule has 1 aromatic heterocycles. The maximum atomic E-state index is 13.9. The average Bonchev–Trinajstić information content (AvgIpc) is 3.52. The molecule has 0 spiro atoms. The lowest BCUT2D eigenvalue weighted by atomic mass is 10.1. The third-order valence-corrected chi connectivity index (χ3v) is 9.62. The van der Waals surface area contributed by atoms with Crippen LogP contribution in [0.2, 0.25) is 0 Å². The van der Waals surface area contributed by atoms with E-state index in [9.17, 15) is 24.0 Å². The normalized spacial score (nSPS) is 19.7. The molecule has 1 N–H and O–H groups in total. The molecule has 2 aliphatic rings. The summed E-state index contributed by atoms with van der Waals surface area (Å²) in [5.74, 6) is -1.51. The molecule has 0 bridgehead atoms. The second-order valence-corrected chi connectivity index (χ2v) is 15.5. The van der Waals surface area contributed by atoms with E-state index in [1.165, 1.54) is 9.80 Å². The van der Waals surface area contributed by atoms with Crippen molar-refractivity contribution >= 4 is 52.8 Å². The summed E-state index contributed by atoms with van der Waals surface area (Å²) in [5.41, 5.74) is -0.638. The zero-order chi connectivity index (χ0) is 32.9. The van der Waals surface area contributed by atoms with Gasteiger partial charge in [-0.2, -0.15) is 0 Å². The zero-order valence-electron chi connectivity index (χ0n) is 26.8. The molecule has 1 fully saturated rings. The number of nitrogens with one attached hydrogen (secondary N) is 1. The number of thiophene rings is 1. The Morgan fingerprint density at radius 2 is 1.58 bits per heavy atom. The highest BCUT2D eigenvalue weighted by Crippen LogP contribution is 2.36. The molecular weight excluding hydrogens is 615 g/mol. The summed E-state index contributed by atoms with van der Waals surface area (Å²) in [4.78, 5) is 69.5. The molecule has 12 heteroatoms. The van der Waals surface area contributed by atoms with Gasteiger partial charge in [0, 0.05) is 23.7 Å². The molecule has 10 nitrogen and oxygen atoms in total. The lowest BCUT2D eigenvalue weighted by Gasteiger charge is -2.30. The second kappa shape index (κ2) is 14.5. The first-order chi connectivity index (χ1) is 21.1. The Bertz CT molecular complexity index is 1360. The van der Waals surface area contributed by atoms with Crippen LogP contribution < -0.4 is 5.32 Å². The van der Waals surface area contributed by atoms with Crippen LogP contribution in [0.5, 0.6) is 0 Å². The van der Waals surface area contributed by atoms with E-state index in [1.807, 2.05) is 17.5 Å². The summed E-state index contributed by atoms with van der Waals surface area (Å²) in [6.45, 7) is 11.0. The molecule has 4 rings (SSSR count). The quantitative estimate of drug-likeness (QED) is 0.206. The van der Waals surface area contributed by atoms with Crippen LogP contribution >= 0.6 is 23.1 Å². The van der Waals surface area contributed by atoms with Crippen molar-refractivity contribution < 1.29 is 33.4 Å². The van der Waals surface area contributed by atoms with E-state index in [2.05, 4.69) is 5.32 Å². The van der Waals surface area contributed by atoms with Crippen molar-refractivity contribution in [3.05, 3.63) is 57.8 Å². The Morgan fingerprint density at radius 1 is 0.933 bits per heavy atom. The van der Waals surface area contributed by atoms with E-state index in [-0.39, 0.29) is 36.1 Å². The summed E-state index contributed by atoms with van der Waals surface area (Å²) in [6, 6.07) is 9.17. The fourth-order valence-electron chi connectivity index (χ4n) is 5.23. The highest BCUT2D eigenvalue weighted by molar-refractivity contribution is 7.99. The van der Waals surface area contributed by atoms with Gasteiger partial charge in [0.25, 0.3) is 11.8 Å². The predicted molar refractivity (Wildman–Crippen MR) is 174 cm³/mol. The molecule has 0 saturated carbocycles. The molecular formula is C33H43N3O7S2. The third kappa shape index (κ3) is 9.40. The number of rotatable bonds is 11. The fraction of sp³-hybridized carbons (Fsp3) is 0.545. The van der Waals surface area contributed by atoms with Crippen LogP contribution in [0.15, 0.2) is 41.8 Å². The maximum absolute atomic E-state index is 13.9. The van der Waals surface area contributed by atoms with E-state index in [0.717, 1.165) is 4.88 Å². The molecule has 244 valence electrons. The molecule has 2 aromatic rings. The van der Waals surface area contributed by atoms with Crippen LogP contribution in [0.1, 0.15) is 91.6 Å². The Morgan fingerprint density at radius 3 is 2.16 bits per heavy atom. The number of amides is 3. The van der Waals surface area contributed by atoms with Crippen LogP contribution in [0.25, 0.3) is 0 Å². The predicted octanol–water partition coefficient (Wildman–Crippen LogP) is 4.84. The molecule has 1 saturated heterocycles. The Labute approximate surface area is 273 Å². The van der Waals surface area contributed by atoms with E-state index >= 15 is 0 Å². The highest BCUT2D eigenvalue weighted by Gasteiger charge is 2.38. The van der Waals surface area contributed by atoms with Gasteiger partial charge < -0.3 is 14.4 Å². The first-order valence-electron chi connectivity index (χ1n) is 15.2. The highest BCUT2D eigenvalue weighted by atomic mass is 32.2.